The molecule has 0 N–H and O–H groups in total. The van der Waals surface area contributed by atoms with Gasteiger partial charge >= 0.3 is 0 Å². The van der Waals surface area contributed by atoms with E-state index in [2.05, 4.69) is 31.9 Å². The zero-order valence-corrected chi connectivity index (χ0v) is 9.89. The maximum Gasteiger partial charge on any atom is 0.293 e. The number of benzene rings is 1. The van der Waals surface area contributed by atoms with Crippen molar-refractivity contribution in [1.82, 2.24) is 0 Å². The molecule has 1 rings (SSSR count). The number of anilines is 1. The van der Waals surface area contributed by atoms with Gasteiger partial charge in [0.15, 0.2) is 0 Å². The lowest BCUT2D eigenvalue weighted by Crippen LogP contribution is -2.20. The summed E-state index contributed by atoms with van der Waals surface area (Å²) in [7, 11) is 1.49. The minimum absolute atomic E-state index is 0.233. The molecule has 13 heavy (non-hydrogen) atoms. The fraction of sp³-hybridized carbons (Fsp3) is 0.125. The topological polar surface area (TPSA) is 20.3 Å². The molecule has 0 radical (unpaired) electrons. The van der Waals surface area contributed by atoms with E-state index in [-0.39, 0.29) is 10.5 Å². The number of carbonyl (C=O) groups excluding carboxylic acids is 1. The van der Waals surface area contributed by atoms with E-state index >= 15 is 0 Å². The SMILES string of the molecule is CN(C(=O)Br)c1cc(Br)ccc1F. The predicted octanol–water partition coefficient (Wildman–Crippen LogP) is 3.54. The molecule has 0 aliphatic carbocycles. The van der Waals surface area contributed by atoms with Gasteiger partial charge in [0, 0.05) is 27.5 Å². The second-order valence-electron chi connectivity index (χ2n) is 2.41. The summed E-state index contributed by atoms with van der Waals surface area (Å²) < 4.78 is 13.9. The molecule has 0 bridgehead atoms. The van der Waals surface area contributed by atoms with E-state index in [1.54, 1.807) is 6.07 Å². The van der Waals surface area contributed by atoms with Crippen molar-refractivity contribution < 1.29 is 9.18 Å². The van der Waals surface area contributed by atoms with Crippen molar-refractivity contribution >= 4 is 42.4 Å². The molecule has 2 nitrogen and oxygen atoms in total. The highest BCUT2D eigenvalue weighted by Crippen LogP contribution is 2.23. The average molecular weight is 311 g/mol. The van der Waals surface area contributed by atoms with Gasteiger partial charge in [-0.2, -0.15) is 0 Å². The first kappa shape index (κ1) is 10.7. The van der Waals surface area contributed by atoms with Gasteiger partial charge in [0.2, 0.25) is 0 Å². The molecular weight excluding hydrogens is 305 g/mol. The van der Waals surface area contributed by atoms with Gasteiger partial charge in [-0.15, -0.1) is 0 Å². The van der Waals surface area contributed by atoms with Gasteiger partial charge in [-0.3, -0.25) is 4.79 Å². The highest BCUT2D eigenvalue weighted by Gasteiger charge is 2.11. The number of hydrogen-bond donors (Lipinski definition) is 0. The monoisotopic (exact) mass is 309 g/mol. The molecule has 0 heterocycles. The lowest BCUT2D eigenvalue weighted by Gasteiger charge is -2.14. The Bertz CT molecular complexity index is 343. The Morgan fingerprint density at radius 1 is 1.54 bits per heavy atom. The first-order valence-corrected chi connectivity index (χ1v) is 4.99. The third-order valence-corrected chi connectivity index (χ3v) is 2.56. The molecule has 0 aliphatic heterocycles. The fourth-order valence-corrected chi connectivity index (χ4v) is 1.38. The summed E-state index contributed by atoms with van der Waals surface area (Å²) in [4.78, 5) is 11.7. The van der Waals surface area contributed by atoms with Gasteiger partial charge in [0.05, 0.1) is 5.69 Å². The van der Waals surface area contributed by atoms with Gasteiger partial charge in [0.25, 0.3) is 4.82 Å². The molecule has 0 spiro atoms. The van der Waals surface area contributed by atoms with Crippen molar-refractivity contribution in [3.63, 3.8) is 0 Å². The van der Waals surface area contributed by atoms with Gasteiger partial charge in [-0.25, -0.2) is 4.39 Å². The van der Waals surface area contributed by atoms with E-state index < -0.39 is 5.82 Å². The number of halogens is 3. The van der Waals surface area contributed by atoms with Crippen LogP contribution in [0.1, 0.15) is 0 Å². The van der Waals surface area contributed by atoms with Crippen molar-refractivity contribution in [2.75, 3.05) is 11.9 Å². The third-order valence-electron chi connectivity index (χ3n) is 1.53. The molecule has 1 amide bonds. The summed E-state index contributed by atoms with van der Waals surface area (Å²) >= 11 is 5.93. The van der Waals surface area contributed by atoms with Crippen LogP contribution in [0.4, 0.5) is 14.9 Å². The highest BCUT2D eigenvalue weighted by molar-refractivity contribution is 9.18. The van der Waals surface area contributed by atoms with Crippen LogP contribution in [-0.4, -0.2) is 11.9 Å². The van der Waals surface area contributed by atoms with Crippen LogP contribution in [0.15, 0.2) is 22.7 Å². The maximum atomic E-state index is 13.1. The summed E-state index contributed by atoms with van der Waals surface area (Å²) in [5.41, 5.74) is 0.233. The van der Waals surface area contributed by atoms with Crippen molar-refractivity contribution in [3.8, 4) is 0 Å². The van der Waals surface area contributed by atoms with E-state index in [4.69, 9.17) is 0 Å². The number of hydrogen-bond acceptors (Lipinski definition) is 1. The van der Waals surface area contributed by atoms with Crippen LogP contribution in [0.25, 0.3) is 0 Å². The molecule has 0 aliphatic rings. The lowest BCUT2D eigenvalue weighted by molar-refractivity contribution is 0.267. The second-order valence-corrected chi connectivity index (χ2v) is 4.00. The van der Waals surface area contributed by atoms with Crippen molar-refractivity contribution in [3.05, 3.63) is 28.5 Å². The second kappa shape index (κ2) is 4.19. The molecule has 5 heteroatoms. The quantitative estimate of drug-likeness (QED) is 0.574. The first-order chi connectivity index (χ1) is 6.02. The average Bonchev–Trinajstić information content (AvgIpc) is 2.08. The van der Waals surface area contributed by atoms with E-state index in [1.165, 1.54) is 24.1 Å². The number of nitrogens with zero attached hydrogens (tertiary/aromatic N) is 1. The Morgan fingerprint density at radius 3 is 2.69 bits per heavy atom. The highest BCUT2D eigenvalue weighted by atomic mass is 79.9. The zero-order valence-electron chi connectivity index (χ0n) is 6.72. The van der Waals surface area contributed by atoms with Gasteiger partial charge in [-0.05, 0) is 18.2 Å². The molecular formula is C8H6Br2FNO. The Kier molecular flexibility index (Phi) is 3.44. The minimum Gasteiger partial charge on any atom is -0.303 e. The van der Waals surface area contributed by atoms with Crippen LogP contribution in [-0.2, 0) is 0 Å². The maximum absolute atomic E-state index is 13.1. The Hall–Kier alpha value is -0.420. The van der Waals surface area contributed by atoms with E-state index in [9.17, 15) is 9.18 Å². The number of rotatable bonds is 1. The van der Waals surface area contributed by atoms with E-state index in [0.717, 1.165) is 4.47 Å². The van der Waals surface area contributed by atoms with Crippen LogP contribution in [0.2, 0.25) is 0 Å². The van der Waals surface area contributed by atoms with Gasteiger partial charge < -0.3 is 4.90 Å². The smallest absolute Gasteiger partial charge is 0.293 e. The normalized spacial score (nSPS) is 9.85. The van der Waals surface area contributed by atoms with Crippen LogP contribution in [0.3, 0.4) is 0 Å². The lowest BCUT2D eigenvalue weighted by atomic mass is 10.3. The van der Waals surface area contributed by atoms with Crippen molar-refractivity contribution in [2.24, 2.45) is 0 Å². The first-order valence-electron chi connectivity index (χ1n) is 3.40. The molecule has 1 aromatic rings. The summed E-state index contributed by atoms with van der Waals surface area (Å²) in [6.07, 6.45) is 0. The molecule has 0 saturated carbocycles. The van der Waals surface area contributed by atoms with E-state index in [0.29, 0.717) is 0 Å². The standard InChI is InChI=1S/C8H6Br2FNO/c1-12(8(10)13)7-4-5(9)2-3-6(7)11/h2-4H,1H3. The van der Waals surface area contributed by atoms with Gasteiger partial charge in [-0.1, -0.05) is 15.9 Å². The summed E-state index contributed by atoms with van der Waals surface area (Å²) in [5.74, 6) is -0.432. The predicted molar refractivity (Wildman–Crippen MR) is 56.8 cm³/mol. The Morgan fingerprint density at radius 2 is 2.15 bits per heavy atom. The summed E-state index contributed by atoms with van der Waals surface area (Å²) in [6.45, 7) is 0. The molecule has 70 valence electrons. The molecule has 0 aromatic heterocycles. The third kappa shape index (κ3) is 2.51. The minimum atomic E-state index is -0.432. The number of carbonyl (C=O) groups is 1. The molecule has 0 atom stereocenters. The Labute approximate surface area is 92.0 Å². The molecule has 0 fully saturated rings. The van der Waals surface area contributed by atoms with Crippen molar-refractivity contribution in [2.45, 2.75) is 0 Å². The number of amides is 1. The molecule has 1 aromatic carbocycles. The largest absolute Gasteiger partial charge is 0.303 e. The fourth-order valence-electron chi connectivity index (χ4n) is 0.838. The Balaban J connectivity index is 3.12. The summed E-state index contributed by atoms with van der Waals surface area (Å²) in [6, 6.07) is 4.41. The van der Waals surface area contributed by atoms with Crippen LogP contribution in [0.5, 0.6) is 0 Å². The molecule has 0 unspecified atom stereocenters. The van der Waals surface area contributed by atoms with E-state index in [1.807, 2.05) is 0 Å². The van der Waals surface area contributed by atoms with Crippen molar-refractivity contribution in [1.29, 1.82) is 0 Å². The molecule has 0 saturated heterocycles. The van der Waals surface area contributed by atoms with Gasteiger partial charge in [0.1, 0.15) is 5.82 Å². The van der Waals surface area contributed by atoms with Crippen LogP contribution < -0.4 is 4.90 Å². The van der Waals surface area contributed by atoms with Crippen LogP contribution >= 0.6 is 31.9 Å². The van der Waals surface area contributed by atoms with Crippen LogP contribution in [0, 0.1) is 5.82 Å². The zero-order chi connectivity index (χ0) is 10.0. The summed E-state index contributed by atoms with van der Waals surface area (Å²) in [5, 5.41) is 0.